The second-order valence-electron chi connectivity index (χ2n) is 13.6. The van der Waals surface area contributed by atoms with Gasteiger partial charge in [-0.25, -0.2) is 4.57 Å². The number of aliphatic hydroxyl groups excluding tert-OH is 1. The Morgan fingerprint density at radius 3 is 1.58 bits per heavy atom. The van der Waals surface area contributed by atoms with Crippen LogP contribution in [0.5, 0.6) is 0 Å². The molecule has 0 aromatic carbocycles. The number of hydrogen-bond acceptors (Lipinski definition) is 7. The fourth-order valence-electron chi connectivity index (χ4n) is 5.14. The Hall–Kier alpha value is -2.81. The number of carbonyl (C=O) groups is 2. The highest BCUT2D eigenvalue weighted by atomic mass is 31.2. The van der Waals surface area contributed by atoms with Crippen molar-refractivity contribution < 1.29 is 37.9 Å². The van der Waals surface area contributed by atoms with Crippen molar-refractivity contribution in [1.82, 2.24) is 5.32 Å². The summed E-state index contributed by atoms with van der Waals surface area (Å²) < 4.78 is 26.8. The fraction of sp³-hybridized carbons (Fsp3) is 0.644. The standard InChI is InChI=1S/C45H76NO8P/c1-3-5-7-9-11-13-15-17-19-20-21-22-24-25-27-29-31-33-35-37-44(48)46-39-40-53-55(50,51)54-42-43(47)41-52-45(49)38-36-34-32-30-28-26-23-18-16-14-12-10-8-6-4-2/h6,8,11-14,17-19,21-23,28,30,43,47H,3-5,7,9-10,15-16,20,24-27,29,31-42H2,1-2H3,(H,46,48)(H,50,51)/b8-6-,13-11-,14-12-,19-17-,22-21-,23-18-,30-28-. The van der Waals surface area contributed by atoms with E-state index in [0.29, 0.717) is 12.8 Å². The van der Waals surface area contributed by atoms with E-state index < -0.39 is 26.5 Å². The Kier molecular flexibility index (Phi) is 38.8. The van der Waals surface area contributed by atoms with Crippen LogP contribution in [0.3, 0.4) is 0 Å². The molecule has 1 amide bonds. The molecular formula is C45H76NO8P. The third-order valence-corrected chi connectivity index (χ3v) is 9.29. The molecule has 0 aromatic heterocycles. The molecule has 0 radical (unpaired) electrons. The minimum Gasteiger partial charge on any atom is -0.463 e. The van der Waals surface area contributed by atoms with Crippen LogP contribution in [-0.2, 0) is 27.9 Å². The van der Waals surface area contributed by atoms with E-state index in [4.69, 9.17) is 13.8 Å². The number of esters is 1. The third kappa shape index (κ3) is 42.2. The quantitative estimate of drug-likeness (QED) is 0.0244. The Labute approximate surface area is 334 Å². The normalized spacial score (nSPS) is 14.2. The number of phosphoric ester groups is 1. The van der Waals surface area contributed by atoms with Crippen molar-refractivity contribution in [3.63, 3.8) is 0 Å². The summed E-state index contributed by atoms with van der Waals surface area (Å²) in [7, 11) is -4.43. The molecule has 0 fully saturated rings. The van der Waals surface area contributed by atoms with Gasteiger partial charge in [0.05, 0.1) is 13.2 Å². The van der Waals surface area contributed by atoms with E-state index in [0.717, 1.165) is 83.5 Å². The molecule has 2 unspecified atom stereocenters. The summed E-state index contributed by atoms with van der Waals surface area (Å²) in [5, 5.41) is 12.7. The van der Waals surface area contributed by atoms with Crippen molar-refractivity contribution >= 4 is 19.7 Å². The second kappa shape index (κ2) is 40.8. The maximum absolute atomic E-state index is 12.1. The van der Waals surface area contributed by atoms with Gasteiger partial charge in [-0.2, -0.15) is 0 Å². The molecule has 0 saturated carbocycles. The van der Waals surface area contributed by atoms with Crippen molar-refractivity contribution in [2.45, 2.75) is 161 Å². The maximum atomic E-state index is 12.1. The molecule has 0 spiro atoms. The predicted molar refractivity (Wildman–Crippen MR) is 229 cm³/mol. The van der Waals surface area contributed by atoms with Gasteiger partial charge in [-0.1, -0.05) is 137 Å². The van der Waals surface area contributed by atoms with Gasteiger partial charge in [0.15, 0.2) is 0 Å². The summed E-state index contributed by atoms with van der Waals surface area (Å²) in [6, 6.07) is 0. The molecule has 0 aromatic rings. The number of carbonyl (C=O) groups excluding carboxylic acids is 2. The zero-order valence-electron chi connectivity index (χ0n) is 34.3. The zero-order valence-corrected chi connectivity index (χ0v) is 35.2. The molecular weight excluding hydrogens is 713 g/mol. The van der Waals surface area contributed by atoms with Crippen molar-refractivity contribution in [3.05, 3.63) is 85.1 Å². The minimum atomic E-state index is -4.43. The summed E-state index contributed by atoms with van der Waals surface area (Å²) >= 11 is 0. The molecule has 0 aliphatic carbocycles. The molecule has 314 valence electrons. The Morgan fingerprint density at radius 2 is 1.04 bits per heavy atom. The number of amides is 1. The third-order valence-electron chi connectivity index (χ3n) is 8.31. The Morgan fingerprint density at radius 1 is 0.582 bits per heavy atom. The van der Waals surface area contributed by atoms with Crippen LogP contribution in [0.2, 0.25) is 0 Å². The van der Waals surface area contributed by atoms with E-state index in [-0.39, 0.29) is 32.1 Å². The average molecular weight is 790 g/mol. The first kappa shape index (κ1) is 52.2. The van der Waals surface area contributed by atoms with Crippen molar-refractivity contribution in [1.29, 1.82) is 0 Å². The summed E-state index contributed by atoms with van der Waals surface area (Å²) in [4.78, 5) is 33.9. The van der Waals surface area contributed by atoms with Gasteiger partial charge in [-0.15, -0.1) is 0 Å². The molecule has 0 rings (SSSR count). The molecule has 0 aliphatic rings. The first-order valence-corrected chi connectivity index (χ1v) is 22.6. The smallest absolute Gasteiger partial charge is 0.463 e. The molecule has 2 atom stereocenters. The van der Waals surface area contributed by atoms with Crippen LogP contribution in [-0.4, -0.2) is 54.3 Å². The minimum absolute atomic E-state index is 0.0642. The van der Waals surface area contributed by atoms with E-state index >= 15 is 0 Å². The van der Waals surface area contributed by atoms with Crippen LogP contribution in [0.4, 0.5) is 0 Å². The van der Waals surface area contributed by atoms with E-state index in [9.17, 15) is 24.2 Å². The number of hydrogen-bond donors (Lipinski definition) is 3. The molecule has 0 aliphatic heterocycles. The fourth-order valence-corrected chi connectivity index (χ4v) is 5.90. The molecule has 0 saturated heterocycles. The first-order chi connectivity index (χ1) is 26.8. The van der Waals surface area contributed by atoms with Gasteiger partial charge in [0.1, 0.15) is 12.7 Å². The van der Waals surface area contributed by atoms with Crippen LogP contribution in [0, 0.1) is 0 Å². The number of nitrogens with one attached hydrogen (secondary N) is 1. The molecule has 55 heavy (non-hydrogen) atoms. The lowest BCUT2D eigenvalue weighted by Gasteiger charge is -2.15. The Bertz CT molecular complexity index is 1170. The molecule has 0 heterocycles. The second-order valence-corrected chi connectivity index (χ2v) is 15.0. The van der Waals surface area contributed by atoms with Gasteiger partial charge in [0.2, 0.25) is 5.91 Å². The highest BCUT2D eigenvalue weighted by molar-refractivity contribution is 7.47. The van der Waals surface area contributed by atoms with E-state index in [1.165, 1.54) is 38.5 Å². The lowest BCUT2D eigenvalue weighted by molar-refractivity contribution is -0.147. The summed E-state index contributed by atoms with van der Waals surface area (Å²) in [5.41, 5.74) is 0. The number of phosphoric acid groups is 1. The molecule has 0 bridgehead atoms. The van der Waals surface area contributed by atoms with Gasteiger partial charge in [0.25, 0.3) is 0 Å². The Balaban J connectivity index is 3.70. The van der Waals surface area contributed by atoms with Crippen molar-refractivity contribution in [2.75, 3.05) is 26.4 Å². The maximum Gasteiger partial charge on any atom is 0.472 e. The van der Waals surface area contributed by atoms with Crippen LogP contribution < -0.4 is 5.32 Å². The van der Waals surface area contributed by atoms with Gasteiger partial charge in [0, 0.05) is 19.4 Å². The topological polar surface area (TPSA) is 131 Å². The van der Waals surface area contributed by atoms with Gasteiger partial charge >= 0.3 is 13.8 Å². The van der Waals surface area contributed by atoms with Gasteiger partial charge < -0.3 is 20.1 Å². The highest BCUT2D eigenvalue weighted by Gasteiger charge is 2.23. The number of unbranched alkanes of at least 4 members (excludes halogenated alkanes) is 11. The number of rotatable bonds is 38. The highest BCUT2D eigenvalue weighted by Crippen LogP contribution is 2.42. The summed E-state index contributed by atoms with van der Waals surface area (Å²) in [6.07, 6.45) is 50.8. The molecule has 9 nitrogen and oxygen atoms in total. The van der Waals surface area contributed by atoms with Crippen LogP contribution >= 0.6 is 7.82 Å². The van der Waals surface area contributed by atoms with Crippen LogP contribution in [0.15, 0.2) is 85.1 Å². The summed E-state index contributed by atoms with van der Waals surface area (Å²) in [6.45, 7) is 3.32. The number of aliphatic hydroxyl groups is 1. The van der Waals surface area contributed by atoms with Gasteiger partial charge in [-0.3, -0.25) is 18.6 Å². The van der Waals surface area contributed by atoms with E-state index in [2.05, 4.69) is 104 Å². The zero-order chi connectivity index (χ0) is 40.3. The number of ether oxygens (including phenoxy) is 1. The molecule has 10 heteroatoms. The predicted octanol–water partition coefficient (Wildman–Crippen LogP) is 11.7. The van der Waals surface area contributed by atoms with Crippen LogP contribution in [0.1, 0.15) is 155 Å². The monoisotopic (exact) mass is 790 g/mol. The SMILES string of the molecule is CC/C=C\C/C=C\C/C=C\C/C=C\CCCCC(=O)OCC(O)COP(=O)(O)OCCNC(=O)CCCCCCCC/C=C\C/C=C\C/C=C\CCCCC. The molecule has 3 N–H and O–H groups in total. The first-order valence-electron chi connectivity index (χ1n) is 21.1. The largest absolute Gasteiger partial charge is 0.472 e. The van der Waals surface area contributed by atoms with Crippen LogP contribution in [0.25, 0.3) is 0 Å². The van der Waals surface area contributed by atoms with E-state index in [1.54, 1.807) is 0 Å². The lowest BCUT2D eigenvalue weighted by atomic mass is 10.1. The van der Waals surface area contributed by atoms with E-state index in [1.807, 2.05) is 0 Å². The number of allylic oxidation sites excluding steroid dienone is 14. The van der Waals surface area contributed by atoms with Gasteiger partial charge in [-0.05, 0) is 89.9 Å². The average Bonchev–Trinajstić information content (AvgIpc) is 3.17. The summed E-state index contributed by atoms with van der Waals surface area (Å²) in [5.74, 6) is -0.579. The van der Waals surface area contributed by atoms with Crippen molar-refractivity contribution in [2.24, 2.45) is 0 Å². The lowest BCUT2D eigenvalue weighted by Crippen LogP contribution is -2.27. The van der Waals surface area contributed by atoms with Crippen molar-refractivity contribution in [3.8, 4) is 0 Å².